The number of hydrogen-bond acceptors (Lipinski definition) is 4. The first-order valence-electron chi connectivity index (χ1n) is 9.47. The topological polar surface area (TPSA) is 55.8 Å². The molecule has 3 atom stereocenters. The number of allylic oxidation sites excluding steroid dienone is 2. The molecule has 1 amide bonds. The van der Waals surface area contributed by atoms with E-state index in [-0.39, 0.29) is 23.0 Å². The van der Waals surface area contributed by atoms with E-state index >= 15 is 0 Å². The van der Waals surface area contributed by atoms with E-state index in [9.17, 15) is 9.59 Å². The molecule has 0 aromatic carbocycles. The molecule has 2 heterocycles. The maximum Gasteiger partial charge on any atom is 0.411 e. The van der Waals surface area contributed by atoms with Crippen molar-refractivity contribution in [3.63, 3.8) is 0 Å². The van der Waals surface area contributed by atoms with Gasteiger partial charge in [0.2, 0.25) is 0 Å². The van der Waals surface area contributed by atoms with Gasteiger partial charge in [0.25, 0.3) is 0 Å². The zero-order valence-corrected chi connectivity index (χ0v) is 17.6. The number of nitrogens with zero attached hydrogens (tertiary/aromatic N) is 1. The summed E-state index contributed by atoms with van der Waals surface area (Å²) in [6.45, 7) is 15.7. The average Bonchev–Trinajstić information content (AvgIpc) is 2.84. The molecule has 1 aliphatic carbocycles. The fourth-order valence-electron chi connectivity index (χ4n) is 4.34. The van der Waals surface area contributed by atoms with E-state index in [1.807, 2.05) is 0 Å². The monoisotopic (exact) mass is 377 g/mol. The molecule has 0 N–H and O–H groups in total. The van der Waals surface area contributed by atoms with E-state index in [4.69, 9.17) is 9.16 Å². The summed E-state index contributed by atoms with van der Waals surface area (Å²) < 4.78 is 12.4. The lowest BCUT2D eigenvalue weighted by atomic mass is 9.60. The summed E-state index contributed by atoms with van der Waals surface area (Å²) >= 11 is 0. The maximum absolute atomic E-state index is 12.9. The first kappa shape index (κ1) is 19.4. The summed E-state index contributed by atoms with van der Waals surface area (Å²) in [7, 11) is -2.02. The van der Waals surface area contributed by atoms with Gasteiger partial charge in [-0.05, 0) is 49.5 Å². The summed E-state index contributed by atoms with van der Waals surface area (Å²) in [5.41, 5.74) is -1.53. The minimum absolute atomic E-state index is 0.0604. The van der Waals surface area contributed by atoms with E-state index in [1.165, 1.54) is 0 Å². The van der Waals surface area contributed by atoms with Crippen LogP contribution in [0.25, 0.3) is 0 Å². The molecule has 26 heavy (non-hydrogen) atoms. The van der Waals surface area contributed by atoms with Gasteiger partial charge in [0.15, 0.2) is 19.7 Å². The van der Waals surface area contributed by atoms with Crippen molar-refractivity contribution in [1.29, 1.82) is 0 Å². The van der Waals surface area contributed by atoms with Crippen molar-refractivity contribution in [1.82, 2.24) is 4.90 Å². The lowest BCUT2D eigenvalue weighted by molar-refractivity contribution is -0.135. The highest BCUT2D eigenvalue weighted by Gasteiger charge is 2.66. The molecule has 5 nitrogen and oxygen atoms in total. The molecule has 144 valence electrons. The second-order valence-corrected chi connectivity index (χ2v) is 14.2. The Balaban J connectivity index is 2.00. The highest BCUT2D eigenvalue weighted by molar-refractivity contribution is 6.74. The molecule has 3 aliphatic rings. The van der Waals surface area contributed by atoms with Gasteiger partial charge in [0.05, 0.1) is 18.1 Å². The molecule has 0 spiro atoms. The van der Waals surface area contributed by atoms with Gasteiger partial charge >= 0.3 is 6.09 Å². The van der Waals surface area contributed by atoms with E-state index in [2.05, 4.69) is 40.4 Å². The summed E-state index contributed by atoms with van der Waals surface area (Å²) in [6, 6.07) is -0.309. The number of hydrogen-bond donors (Lipinski definition) is 0. The third kappa shape index (κ3) is 2.69. The SMILES string of the molecule is C=CC[C@@]12CCCN3C(=O)O[C@@](CO[Si](C)(C)C(C)(C)C)(C=CC1=O)[C@H]32. The van der Waals surface area contributed by atoms with Gasteiger partial charge in [-0.25, -0.2) is 4.79 Å². The van der Waals surface area contributed by atoms with Gasteiger partial charge in [-0.15, -0.1) is 6.58 Å². The Bertz CT molecular complexity index is 665. The standard InChI is InChI=1S/C20H31NO4Si/c1-7-10-19-11-8-13-21-16(19)20(25-17(21)23,12-9-15(19)22)14-24-26(5,6)18(2,3)4/h7,9,12,16H,1,8,10-11,13-14H2,2-6H3/t16-,19-,20-/m1/s1. The first-order chi connectivity index (χ1) is 12.0. The van der Waals surface area contributed by atoms with Gasteiger partial charge in [-0.3, -0.25) is 9.69 Å². The molecule has 6 heteroatoms. The Morgan fingerprint density at radius 3 is 2.73 bits per heavy atom. The minimum Gasteiger partial charge on any atom is -0.434 e. The zero-order chi connectivity index (χ0) is 19.4. The molecule has 2 aliphatic heterocycles. The largest absolute Gasteiger partial charge is 0.434 e. The average molecular weight is 378 g/mol. The third-order valence-electron chi connectivity index (χ3n) is 6.81. The van der Waals surface area contributed by atoms with Crippen molar-refractivity contribution < 1.29 is 18.8 Å². The molecule has 0 saturated carbocycles. The summed E-state index contributed by atoms with van der Waals surface area (Å²) in [5.74, 6) is 0.0772. The van der Waals surface area contributed by atoms with Crippen molar-refractivity contribution >= 4 is 20.2 Å². The Hall–Kier alpha value is -1.40. The molecule has 2 saturated heterocycles. The Kier molecular flexibility index (Phi) is 4.51. The van der Waals surface area contributed by atoms with E-state index in [1.54, 1.807) is 23.1 Å². The van der Waals surface area contributed by atoms with Crippen LogP contribution >= 0.6 is 0 Å². The summed E-state index contributed by atoms with van der Waals surface area (Å²) in [6.07, 6.45) is 6.95. The number of piperidine rings is 1. The van der Waals surface area contributed by atoms with Gasteiger partial charge in [0.1, 0.15) is 0 Å². The lowest BCUT2D eigenvalue weighted by Gasteiger charge is -2.51. The summed E-state index contributed by atoms with van der Waals surface area (Å²) in [4.78, 5) is 27.3. The molecule has 0 bridgehead atoms. The summed E-state index contributed by atoms with van der Waals surface area (Å²) in [5, 5.41) is 0.0604. The molecule has 0 aromatic rings. The van der Waals surface area contributed by atoms with Crippen LogP contribution in [0.5, 0.6) is 0 Å². The van der Waals surface area contributed by atoms with Crippen molar-refractivity contribution in [2.75, 3.05) is 13.2 Å². The first-order valence-corrected chi connectivity index (χ1v) is 12.4. The number of ether oxygens (including phenoxy) is 1. The third-order valence-corrected chi connectivity index (χ3v) is 11.3. The molecular weight excluding hydrogens is 346 g/mol. The quantitative estimate of drug-likeness (QED) is 0.535. The van der Waals surface area contributed by atoms with Crippen LogP contribution in [-0.4, -0.2) is 49.9 Å². The van der Waals surface area contributed by atoms with Crippen LogP contribution in [0.15, 0.2) is 24.8 Å². The van der Waals surface area contributed by atoms with Crippen LogP contribution in [0.4, 0.5) is 4.79 Å². The maximum atomic E-state index is 12.9. The van der Waals surface area contributed by atoms with Crippen LogP contribution in [0, 0.1) is 5.41 Å². The van der Waals surface area contributed by atoms with E-state index < -0.39 is 19.3 Å². The zero-order valence-electron chi connectivity index (χ0n) is 16.6. The van der Waals surface area contributed by atoms with E-state index in [0.29, 0.717) is 19.6 Å². The van der Waals surface area contributed by atoms with Gasteiger partial charge in [0, 0.05) is 6.54 Å². The van der Waals surface area contributed by atoms with Crippen LogP contribution < -0.4 is 0 Å². The lowest BCUT2D eigenvalue weighted by Crippen LogP contribution is -2.64. The van der Waals surface area contributed by atoms with Crippen LogP contribution in [0.2, 0.25) is 18.1 Å². The van der Waals surface area contributed by atoms with Crippen molar-refractivity contribution in [2.45, 2.75) is 69.8 Å². The van der Waals surface area contributed by atoms with Crippen molar-refractivity contribution in [2.24, 2.45) is 5.41 Å². The number of carbonyl (C=O) groups excluding carboxylic acids is 2. The Morgan fingerprint density at radius 1 is 1.42 bits per heavy atom. The van der Waals surface area contributed by atoms with Gasteiger partial charge in [-0.1, -0.05) is 26.8 Å². The van der Waals surface area contributed by atoms with Crippen LogP contribution in [-0.2, 0) is 14.0 Å². The number of amides is 1. The normalized spacial score (nSPS) is 33.9. The molecular formula is C20H31NO4Si. The Morgan fingerprint density at radius 2 is 2.12 bits per heavy atom. The van der Waals surface area contributed by atoms with Gasteiger partial charge < -0.3 is 9.16 Å². The molecule has 0 unspecified atom stereocenters. The van der Waals surface area contributed by atoms with E-state index in [0.717, 1.165) is 12.8 Å². The second-order valence-electron chi connectivity index (χ2n) is 9.42. The molecule has 3 rings (SSSR count). The molecule has 2 fully saturated rings. The minimum atomic E-state index is -2.02. The molecule has 0 aromatic heterocycles. The second kappa shape index (κ2) is 6.06. The van der Waals surface area contributed by atoms with Gasteiger partial charge in [-0.2, -0.15) is 0 Å². The fourth-order valence-corrected chi connectivity index (χ4v) is 5.36. The number of carbonyl (C=O) groups is 2. The Labute approximate surface area is 157 Å². The highest BCUT2D eigenvalue weighted by atomic mass is 28.4. The predicted molar refractivity (Wildman–Crippen MR) is 103 cm³/mol. The fraction of sp³-hybridized carbons (Fsp3) is 0.700. The van der Waals surface area contributed by atoms with Crippen LogP contribution in [0.3, 0.4) is 0 Å². The number of rotatable bonds is 5. The molecule has 0 radical (unpaired) electrons. The smallest absolute Gasteiger partial charge is 0.411 e. The van der Waals surface area contributed by atoms with Crippen LogP contribution in [0.1, 0.15) is 40.0 Å². The predicted octanol–water partition coefficient (Wildman–Crippen LogP) is 4.06. The number of ketones is 1. The van der Waals surface area contributed by atoms with Crippen molar-refractivity contribution in [3.05, 3.63) is 24.8 Å². The van der Waals surface area contributed by atoms with Crippen molar-refractivity contribution in [3.8, 4) is 0 Å². The highest BCUT2D eigenvalue weighted by Crippen LogP contribution is 2.53.